The van der Waals surface area contributed by atoms with Gasteiger partial charge in [0.25, 0.3) is 5.91 Å². The standard InChI is InChI=1S/C26H25F6N3O4/c1-39-21(36)7-10-34-16-35(20-5-3-2-4-6-20)24(23(34)38)8-11-33(12-9-24)22(37)17-13-18(25(27,28)29)15-19(14-17)26(30,31)32/h2-6,13-15H,7-12,16H2,1H3. The summed E-state index contributed by atoms with van der Waals surface area (Å²) >= 11 is 0. The zero-order chi connectivity index (χ0) is 28.6. The summed E-state index contributed by atoms with van der Waals surface area (Å²) in [7, 11) is 1.24. The first-order valence-electron chi connectivity index (χ1n) is 12.0. The van der Waals surface area contributed by atoms with Gasteiger partial charge in [0.05, 0.1) is 31.3 Å². The van der Waals surface area contributed by atoms with E-state index in [1.54, 1.807) is 30.3 Å². The summed E-state index contributed by atoms with van der Waals surface area (Å²) in [6, 6.07) is 9.77. The number of halogens is 6. The van der Waals surface area contributed by atoms with Gasteiger partial charge in [-0.1, -0.05) is 18.2 Å². The van der Waals surface area contributed by atoms with Crippen molar-refractivity contribution in [3.05, 3.63) is 65.2 Å². The average Bonchev–Trinajstić information content (AvgIpc) is 3.17. The normalized spacial score (nSPS) is 17.6. The van der Waals surface area contributed by atoms with Gasteiger partial charge in [-0.15, -0.1) is 0 Å². The van der Waals surface area contributed by atoms with Crippen LogP contribution in [0.5, 0.6) is 0 Å². The number of carbonyl (C=O) groups excluding carboxylic acids is 3. The highest BCUT2D eigenvalue weighted by atomic mass is 19.4. The lowest BCUT2D eigenvalue weighted by atomic mass is 9.85. The molecule has 0 N–H and O–H groups in total. The van der Waals surface area contributed by atoms with Gasteiger partial charge in [0.15, 0.2) is 0 Å². The number of carbonyl (C=O) groups is 3. The highest BCUT2D eigenvalue weighted by Gasteiger charge is 2.54. The topological polar surface area (TPSA) is 70.2 Å². The van der Waals surface area contributed by atoms with Crippen LogP contribution in [0, 0.1) is 0 Å². The van der Waals surface area contributed by atoms with E-state index >= 15 is 0 Å². The molecule has 210 valence electrons. The molecule has 0 unspecified atom stereocenters. The van der Waals surface area contributed by atoms with Gasteiger partial charge in [-0.05, 0) is 43.2 Å². The number of likely N-dealkylation sites (tertiary alicyclic amines) is 1. The summed E-state index contributed by atoms with van der Waals surface area (Å²) in [6.07, 6.45) is -10.0. The maximum Gasteiger partial charge on any atom is 0.416 e. The number of piperidine rings is 1. The Labute approximate surface area is 219 Å². The van der Waals surface area contributed by atoms with Crippen LogP contribution in [0.4, 0.5) is 32.0 Å². The molecule has 0 aliphatic carbocycles. The highest BCUT2D eigenvalue weighted by Crippen LogP contribution is 2.41. The van der Waals surface area contributed by atoms with Crippen molar-refractivity contribution in [3.8, 4) is 0 Å². The van der Waals surface area contributed by atoms with Crippen LogP contribution in [0.25, 0.3) is 0 Å². The molecule has 0 radical (unpaired) electrons. The van der Waals surface area contributed by atoms with Gasteiger partial charge >= 0.3 is 18.3 Å². The Morgan fingerprint density at radius 3 is 2.00 bits per heavy atom. The monoisotopic (exact) mass is 557 g/mol. The van der Waals surface area contributed by atoms with Crippen LogP contribution in [0.3, 0.4) is 0 Å². The van der Waals surface area contributed by atoms with E-state index in [9.17, 15) is 40.7 Å². The Hall–Kier alpha value is -3.77. The second-order valence-corrected chi connectivity index (χ2v) is 9.42. The molecule has 2 aliphatic rings. The molecular formula is C26H25F6N3O4. The smallest absolute Gasteiger partial charge is 0.416 e. The Morgan fingerprint density at radius 1 is 0.923 bits per heavy atom. The van der Waals surface area contributed by atoms with Crippen LogP contribution in [0.2, 0.25) is 0 Å². The summed E-state index contributed by atoms with van der Waals surface area (Å²) < 4.78 is 84.4. The number of esters is 1. The van der Waals surface area contributed by atoms with Crippen molar-refractivity contribution in [2.75, 3.05) is 38.3 Å². The van der Waals surface area contributed by atoms with Crippen molar-refractivity contribution in [1.29, 1.82) is 0 Å². The van der Waals surface area contributed by atoms with Crippen molar-refractivity contribution < 1.29 is 45.5 Å². The summed E-state index contributed by atoms with van der Waals surface area (Å²) in [5, 5.41) is 0. The van der Waals surface area contributed by atoms with Crippen molar-refractivity contribution in [2.24, 2.45) is 0 Å². The number of alkyl halides is 6. The molecule has 4 rings (SSSR count). The third kappa shape index (κ3) is 5.66. The second-order valence-electron chi connectivity index (χ2n) is 9.42. The Morgan fingerprint density at radius 2 is 1.49 bits per heavy atom. The highest BCUT2D eigenvalue weighted by molar-refractivity contribution is 5.96. The molecule has 0 bridgehead atoms. The van der Waals surface area contributed by atoms with E-state index in [0.29, 0.717) is 12.1 Å². The molecule has 2 aliphatic heterocycles. The lowest BCUT2D eigenvalue weighted by Crippen LogP contribution is -2.57. The van der Waals surface area contributed by atoms with E-state index in [1.807, 2.05) is 4.90 Å². The van der Waals surface area contributed by atoms with Gasteiger partial charge in [-0.25, -0.2) is 0 Å². The number of anilines is 1. The molecular weight excluding hydrogens is 532 g/mol. The predicted molar refractivity (Wildman–Crippen MR) is 126 cm³/mol. The zero-order valence-corrected chi connectivity index (χ0v) is 20.8. The van der Waals surface area contributed by atoms with Crippen molar-refractivity contribution >= 4 is 23.5 Å². The predicted octanol–water partition coefficient (Wildman–Crippen LogP) is 4.57. The number of para-hydroxylation sites is 1. The summed E-state index contributed by atoms with van der Waals surface area (Å²) in [5.41, 5.74) is -4.25. The average molecular weight is 557 g/mol. The van der Waals surface area contributed by atoms with E-state index in [2.05, 4.69) is 4.74 Å². The number of nitrogens with zero attached hydrogens (tertiary/aromatic N) is 3. The number of ether oxygens (including phenoxy) is 1. The van der Waals surface area contributed by atoms with Gasteiger partial charge < -0.3 is 19.4 Å². The van der Waals surface area contributed by atoms with E-state index in [1.165, 1.54) is 12.0 Å². The molecule has 2 aromatic carbocycles. The maximum absolute atomic E-state index is 13.6. The number of hydrogen-bond donors (Lipinski definition) is 0. The minimum absolute atomic E-state index is 0.0252. The maximum atomic E-state index is 13.6. The van der Waals surface area contributed by atoms with Gasteiger partial charge in [0.1, 0.15) is 5.54 Å². The third-order valence-electron chi connectivity index (χ3n) is 7.11. The fourth-order valence-corrected chi connectivity index (χ4v) is 5.04. The first-order chi connectivity index (χ1) is 18.3. The fraction of sp³-hybridized carbons (Fsp3) is 0.423. The summed E-state index contributed by atoms with van der Waals surface area (Å²) in [5.74, 6) is -1.75. The lowest BCUT2D eigenvalue weighted by Gasteiger charge is -2.43. The number of benzene rings is 2. The molecule has 0 aromatic heterocycles. The molecule has 1 spiro atoms. The summed E-state index contributed by atoms with van der Waals surface area (Å²) in [6.45, 7) is 0.118. The van der Waals surface area contributed by atoms with Crippen LogP contribution >= 0.6 is 0 Å². The first-order valence-corrected chi connectivity index (χ1v) is 12.0. The van der Waals surface area contributed by atoms with Crippen LogP contribution in [0.15, 0.2) is 48.5 Å². The number of rotatable bonds is 5. The second kappa shape index (κ2) is 10.4. The van der Waals surface area contributed by atoms with Gasteiger partial charge in [0, 0.05) is 30.9 Å². The van der Waals surface area contributed by atoms with E-state index in [4.69, 9.17) is 0 Å². The number of amides is 2. The third-order valence-corrected chi connectivity index (χ3v) is 7.11. The zero-order valence-electron chi connectivity index (χ0n) is 20.8. The molecule has 2 aromatic rings. The van der Waals surface area contributed by atoms with Crippen LogP contribution in [-0.2, 0) is 26.7 Å². The van der Waals surface area contributed by atoms with E-state index in [-0.39, 0.29) is 57.5 Å². The van der Waals surface area contributed by atoms with Crippen LogP contribution in [0.1, 0.15) is 40.7 Å². The molecule has 2 saturated heterocycles. The Kier molecular flexibility index (Phi) is 7.55. The minimum atomic E-state index is -5.08. The van der Waals surface area contributed by atoms with Crippen LogP contribution < -0.4 is 4.90 Å². The minimum Gasteiger partial charge on any atom is -0.469 e. The summed E-state index contributed by atoms with van der Waals surface area (Å²) in [4.78, 5) is 42.9. The van der Waals surface area contributed by atoms with E-state index < -0.39 is 46.5 Å². The van der Waals surface area contributed by atoms with Gasteiger partial charge in [-0.3, -0.25) is 14.4 Å². The lowest BCUT2D eigenvalue weighted by molar-refractivity contribution is -0.144. The quantitative estimate of drug-likeness (QED) is 0.398. The molecule has 0 saturated carbocycles. The molecule has 2 heterocycles. The molecule has 7 nitrogen and oxygen atoms in total. The molecule has 39 heavy (non-hydrogen) atoms. The Balaban J connectivity index is 1.59. The van der Waals surface area contributed by atoms with Crippen LogP contribution in [-0.4, -0.2) is 66.5 Å². The van der Waals surface area contributed by atoms with Gasteiger partial charge in [-0.2, -0.15) is 26.3 Å². The number of methoxy groups -OCH3 is 1. The SMILES string of the molecule is COC(=O)CCN1CN(c2ccccc2)C2(CCN(C(=O)c3cc(C(F)(F)F)cc(C(F)(F)F)c3)CC2)C1=O. The first kappa shape index (κ1) is 28.2. The largest absolute Gasteiger partial charge is 0.469 e. The molecule has 2 amide bonds. The van der Waals surface area contributed by atoms with Gasteiger partial charge in [0.2, 0.25) is 5.91 Å². The van der Waals surface area contributed by atoms with Crippen molar-refractivity contribution in [2.45, 2.75) is 37.2 Å². The fourth-order valence-electron chi connectivity index (χ4n) is 5.04. The number of hydrogen-bond acceptors (Lipinski definition) is 5. The molecule has 2 fully saturated rings. The molecule has 13 heteroatoms. The Bertz CT molecular complexity index is 1210. The van der Waals surface area contributed by atoms with Crippen molar-refractivity contribution in [1.82, 2.24) is 9.80 Å². The van der Waals surface area contributed by atoms with E-state index in [0.717, 1.165) is 10.6 Å². The van der Waals surface area contributed by atoms with Crippen molar-refractivity contribution in [3.63, 3.8) is 0 Å². The molecule has 0 atom stereocenters.